The normalized spacial score (nSPS) is 13.7. The van der Waals surface area contributed by atoms with E-state index < -0.39 is 0 Å². The third-order valence-corrected chi connectivity index (χ3v) is 3.74. The smallest absolute Gasteiger partial charge is 0.252 e. The molecule has 1 amide bonds. The van der Waals surface area contributed by atoms with E-state index in [2.05, 4.69) is 17.2 Å². The van der Waals surface area contributed by atoms with Crippen LogP contribution in [0, 0.1) is 17.8 Å². The molecule has 5 heteroatoms. The van der Waals surface area contributed by atoms with Crippen LogP contribution in [0.25, 0.3) is 0 Å². The highest BCUT2D eigenvalue weighted by molar-refractivity contribution is 7.10. The number of rotatable bonds is 7. The maximum absolute atomic E-state index is 11.8. The Morgan fingerprint density at radius 3 is 3.15 bits per heavy atom. The number of nitrogens with one attached hydrogen (secondary N) is 1. The number of amides is 1. The fourth-order valence-electron chi connectivity index (χ4n) is 1.60. The van der Waals surface area contributed by atoms with Gasteiger partial charge in [0, 0.05) is 25.0 Å². The zero-order valence-electron chi connectivity index (χ0n) is 11.4. The average molecular weight is 293 g/mol. The monoisotopic (exact) mass is 293 g/mol. The summed E-state index contributed by atoms with van der Waals surface area (Å²) in [7, 11) is 0. The highest BCUT2D eigenvalue weighted by Crippen LogP contribution is 2.28. The SMILES string of the molecule is O=C(NCCOCC1CC1)c1csc(C#CCCO)c1. The van der Waals surface area contributed by atoms with Crippen molar-refractivity contribution in [2.75, 3.05) is 26.4 Å². The summed E-state index contributed by atoms with van der Waals surface area (Å²) in [6.45, 7) is 1.98. The molecule has 4 nitrogen and oxygen atoms in total. The second-order valence-corrected chi connectivity index (χ2v) is 5.66. The zero-order valence-corrected chi connectivity index (χ0v) is 12.2. The van der Waals surface area contributed by atoms with Gasteiger partial charge >= 0.3 is 0 Å². The standard InChI is InChI=1S/C15H19NO3S/c17-7-2-1-3-14-9-13(11-20-14)15(18)16-6-8-19-10-12-4-5-12/h9,11-12,17H,2,4-8,10H2,(H,16,18). The molecule has 0 aliphatic heterocycles. The molecule has 2 N–H and O–H groups in total. The van der Waals surface area contributed by atoms with Gasteiger partial charge in [-0.2, -0.15) is 0 Å². The van der Waals surface area contributed by atoms with Crippen molar-refractivity contribution in [3.8, 4) is 11.8 Å². The lowest BCUT2D eigenvalue weighted by Gasteiger charge is -2.04. The van der Waals surface area contributed by atoms with Gasteiger partial charge in [-0.3, -0.25) is 4.79 Å². The number of hydrogen-bond donors (Lipinski definition) is 2. The Morgan fingerprint density at radius 2 is 2.40 bits per heavy atom. The fraction of sp³-hybridized carbons (Fsp3) is 0.533. The first-order valence-electron chi connectivity index (χ1n) is 6.84. The predicted molar refractivity (Wildman–Crippen MR) is 78.8 cm³/mol. The number of carbonyl (C=O) groups is 1. The van der Waals surface area contributed by atoms with Crippen LogP contribution in [0.15, 0.2) is 11.4 Å². The van der Waals surface area contributed by atoms with Crippen molar-refractivity contribution in [1.29, 1.82) is 0 Å². The lowest BCUT2D eigenvalue weighted by Crippen LogP contribution is -2.27. The van der Waals surface area contributed by atoms with E-state index in [1.807, 2.05) is 0 Å². The van der Waals surface area contributed by atoms with Gasteiger partial charge in [-0.25, -0.2) is 0 Å². The van der Waals surface area contributed by atoms with Gasteiger partial charge in [-0.1, -0.05) is 11.8 Å². The van der Waals surface area contributed by atoms with Crippen molar-refractivity contribution in [3.63, 3.8) is 0 Å². The molecule has 1 fully saturated rings. The number of aliphatic hydroxyl groups is 1. The zero-order chi connectivity index (χ0) is 14.2. The van der Waals surface area contributed by atoms with E-state index in [4.69, 9.17) is 9.84 Å². The van der Waals surface area contributed by atoms with Crippen LogP contribution in [0.3, 0.4) is 0 Å². The second kappa shape index (κ2) is 8.05. The lowest BCUT2D eigenvalue weighted by atomic mass is 10.3. The summed E-state index contributed by atoms with van der Waals surface area (Å²) in [6.07, 6.45) is 3.01. The van der Waals surface area contributed by atoms with E-state index in [-0.39, 0.29) is 12.5 Å². The maximum atomic E-state index is 11.8. The molecule has 1 aliphatic carbocycles. The molecule has 0 unspecified atom stereocenters. The molecule has 0 bridgehead atoms. The first kappa shape index (κ1) is 15.0. The van der Waals surface area contributed by atoms with Gasteiger partial charge in [0.05, 0.1) is 23.7 Å². The van der Waals surface area contributed by atoms with Gasteiger partial charge in [0.1, 0.15) is 0 Å². The van der Waals surface area contributed by atoms with Gasteiger partial charge < -0.3 is 15.2 Å². The lowest BCUT2D eigenvalue weighted by molar-refractivity contribution is 0.0907. The Kier molecular flexibility index (Phi) is 6.06. The highest BCUT2D eigenvalue weighted by atomic mass is 32.1. The summed E-state index contributed by atoms with van der Waals surface area (Å²) in [5.74, 6) is 6.42. The molecule has 1 aromatic heterocycles. The molecule has 0 saturated heterocycles. The summed E-state index contributed by atoms with van der Waals surface area (Å²) >= 11 is 1.44. The van der Waals surface area contributed by atoms with E-state index in [0.717, 1.165) is 17.4 Å². The van der Waals surface area contributed by atoms with Crippen molar-refractivity contribution in [2.45, 2.75) is 19.3 Å². The molecule has 1 aliphatic rings. The Hall–Kier alpha value is -1.35. The maximum Gasteiger partial charge on any atom is 0.252 e. The minimum absolute atomic E-state index is 0.0621. The molecule has 2 rings (SSSR count). The number of hydrogen-bond acceptors (Lipinski definition) is 4. The Labute approximate surface area is 123 Å². The number of thiophene rings is 1. The average Bonchev–Trinajstić information content (AvgIpc) is 3.15. The minimum Gasteiger partial charge on any atom is -0.395 e. The van der Waals surface area contributed by atoms with Crippen molar-refractivity contribution in [1.82, 2.24) is 5.32 Å². The molecule has 0 aromatic carbocycles. The van der Waals surface area contributed by atoms with Crippen LogP contribution in [0.1, 0.15) is 34.5 Å². The van der Waals surface area contributed by atoms with Gasteiger partial charge in [0.2, 0.25) is 0 Å². The van der Waals surface area contributed by atoms with Gasteiger partial charge in [0.25, 0.3) is 5.91 Å². The summed E-state index contributed by atoms with van der Waals surface area (Å²) < 4.78 is 5.46. The largest absolute Gasteiger partial charge is 0.395 e. The van der Waals surface area contributed by atoms with Crippen LogP contribution in [-0.2, 0) is 4.74 Å². The summed E-state index contributed by atoms with van der Waals surface area (Å²) in [5.41, 5.74) is 0.630. The molecule has 108 valence electrons. The van der Waals surface area contributed by atoms with E-state index in [9.17, 15) is 4.79 Å². The molecular formula is C15H19NO3S. The van der Waals surface area contributed by atoms with Crippen molar-refractivity contribution in [3.05, 3.63) is 21.9 Å². The number of aliphatic hydroxyl groups excluding tert-OH is 1. The van der Waals surface area contributed by atoms with Crippen molar-refractivity contribution in [2.24, 2.45) is 5.92 Å². The molecule has 1 saturated carbocycles. The van der Waals surface area contributed by atoms with Gasteiger partial charge in [-0.15, -0.1) is 11.3 Å². The number of ether oxygens (including phenoxy) is 1. The molecular weight excluding hydrogens is 274 g/mol. The molecule has 1 aromatic rings. The van der Waals surface area contributed by atoms with Crippen LogP contribution in [0.5, 0.6) is 0 Å². The van der Waals surface area contributed by atoms with E-state index in [1.54, 1.807) is 11.4 Å². The third-order valence-electron chi connectivity index (χ3n) is 2.89. The Balaban J connectivity index is 1.67. The topological polar surface area (TPSA) is 58.6 Å². The van der Waals surface area contributed by atoms with Crippen LogP contribution < -0.4 is 5.32 Å². The van der Waals surface area contributed by atoms with Gasteiger partial charge in [-0.05, 0) is 24.8 Å². The first-order chi connectivity index (χ1) is 9.79. The van der Waals surface area contributed by atoms with E-state index in [0.29, 0.717) is 25.1 Å². The third kappa shape index (κ3) is 5.33. The van der Waals surface area contributed by atoms with Crippen molar-refractivity contribution < 1.29 is 14.6 Å². The second-order valence-electron chi connectivity index (χ2n) is 4.75. The Bertz CT molecular complexity index is 497. The Morgan fingerprint density at radius 1 is 1.55 bits per heavy atom. The van der Waals surface area contributed by atoms with E-state index >= 15 is 0 Å². The molecule has 0 radical (unpaired) electrons. The summed E-state index contributed by atoms with van der Waals surface area (Å²) in [6, 6.07) is 1.77. The molecule has 1 heterocycles. The quantitative estimate of drug-likeness (QED) is 0.593. The first-order valence-corrected chi connectivity index (χ1v) is 7.72. The summed E-state index contributed by atoms with van der Waals surface area (Å²) in [4.78, 5) is 12.7. The number of carbonyl (C=O) groups excluding carboxylic acids is 1. The van der Waals surface area contributed by atoms with Crippen molar-refractivity contribution >= 4 is 17.2 Å². The highest BCUT2D eigenvalue weighted by Gasteiger charge is 2.20. The molecule has 0 atom stereocenters. The van der Waals surface area contributed by atoms with Crippen LogP contribution in [-0.4, -0.2) is 37.4 Å². The van der Waals surface area contributed by atoms with Crippen LogP contribution in [0.2, 0.25) is 0 Å². The van der Waals surface area contributed by atoms with Crippen LogP contribution >= 0.6 is 11.3 Å². The fourth-order valence-corrected chi connectivity index (χ4v) is 2.35. The van der Waals surface area contributed by atoms with E-state index in [1.165, 1.54) is 24.2 Å². The molecule has 20 heavy (non-hydrogen) atoms. The summed E-state index contributed by atoms with van der Waals surface area (Å²) in [5, 5.41) is 13.3. The van der Waals surface area contributed by atoms with Gasteiger partial charge in [0.15, 0.2) is 0 Å². The molecule has 0 spiro atoms. The minimum atomic E-state index is -0.0912. The predicted octanol–water partition coefficient (Wildman–Crippen LogP) is 1.64. The van der Waals surface area contributed by atoms with Crippen LogP contribution in [0.4, 0.5) is 0 Å².